The number of rotatable bonds is 2. The first-order chi connectivity index (χ1) is 7.68. The molecule has 0 saturated carbocycles. The average molecular weight is 219 g/mol. The molecule has 7 heteroatoms. The molecule has 16 heavy (non-hydrogen) atoms. The quantitative estimate of drug-likeness (QED) is 0.438. The largest absolute Gasteiger partial charge is 0.464 e. The molecule has 0 radical (unpaired) electrons. The van der Waals surface area contributed by atoms with Crippen molar-refractivity contribution < 1.29 is 9.90 Å². The number of nitrogens with two attached hydrogens (primary N) is 1. The zero-order valence-corrected chi connectivity index (χ0v) is 8.19. The number of amides is 1. The number of nitrogens with zero attached hydrogens (tertiary/aromatic N) is 4. The zero-order chi connectivity index (χ0) is 11.5. The van der Waals surface area contributed by atoms with Crippen molar-refractivity contribution in [1.29, 1.82) is 0 Å². The van der Waals surface area contributed by atoms with Gasteiger partial charge in [-0.25, -0.2) is 20.3 Å². The van der Waals surface area contributed by atoms with Gasteiger partial charge in [0.05, 0.1) is 24.3 Å². The summed E-state index contributed by atoms with van der Waals surface area (Å²) >= 11 is 0. The van der Waals surface area contributed by atoms with Gasteiger partial charge in [0, 0.05) is 6.20 Å². The lowest BCUT2D eigenvalue weighted by molar-refractivity contribution is 0.202. The lowest BCUT2D eigenvalue weighted by atomic mass is 10.4. The van der Waals surface area contributed by atoms with Gasteiger partial charge in [-0.15, -0.1) is 0 Å². The van der Waals surface area contributed by atoms with Gasteiger partial charge in [-0.1, -0.05) is 0 Å². The summed E-state index contributed by atoms with van der Waals surface area (Å²) in [7, 11) is 0. The second kappa shape index (κ2) is 3.99. The molecule has 0 bridgehead atoms. The van der Waals surface area contributed by atoms with Gasteiger partial charge in [0.25, 0.3) is 0 Å². The standard InChI is InChI=1S/C9H9N5O2/c10-14(9(15)16)8-5-12-13(6-8)7-2-1-3-11-4-7/h1-6H,10H2,(H,15,16). The Morgan fingerprint density at radius 2 is 2.31 bits per heavy atom. The highest BCUT2D eigenvalue weighted by atomic mass is 16.4. The molecule has 2 aromatic heterocycles. The van der Waals surface area contributed by atoms with Crippen LogP contribution in [0.4, 0.5) is 10.5 Å². The van der Waals surface area contributed by atoms with Crippen molar-refractivity contribution >= 4 is 11.8 Å². The van der Waals surface area contributed by atoms with E-state index in [0.29, 0.717) is 5.01 Å². The summed E-state index contributed by atoms with van der Waals surface area (Å²) < 4.78 is 1.49. The SMILES string of the molecule is NN(C(=O)O)c1cnn(-c2cccnc2)c1. The maximum absolute atomic E-state index is 10.6. The van der Waals surface area contributed by atoms with Crippen molar-refractivity contribution in [2.75, 3.05) is 5.01 Å². The van der Waals surface area contributed by atoms with Crippen LogP contribution in [0.15, 0.2) is 36.9 Å². The van der Waals surface area contributed by atoms with Gasteiger partial charge in [0.15, 0.2) is 0 Å². The minimum absolute atomic E-state index is 0.288. The third-order valence-corrected chi connectivity index (χ3v) is 1.96. The number of hydrazine groups is 1. The molecule has 7 nitrogen and oxygen atoms in total. The van der Waals surface area contributed by atoms with Gasteiger partial charge in [-0.3, -0.25) is 4.98 Å². The van der Waals surface area contributed by atoms with E-state index in [2.05, 4.69) is 10.1 Å². The molecule has 2 heterocycles. The molecule has 0 aromatic carbocycles. The summed E-state index contributed by atoms with van der Waals surface area (Å²) in [5.41, 5.74) is 1.02. The Bertz CT molecular complexity index is 496. The fraction of sp³-hybridized carbons (Fsp3) is 0. The summed E-state index contributed by atoms with van der Waals surface area (Å²) in [5, 5.41) is 13.2. The second-order valence-corrected chi connectivity index (χ2v) is 3.01. The van der Waals surface area contributed by atoms with Gasteiger partial charge in [-0.2, -0.15) is 5.10 Å². The number of hydrogen-bond acceptors (Lipinski definition) is 4. The van der Waals surface area contributed by atoms with Crippen LogP contribution in [0.3, 0.4) is 0 Å². The van der Waals surface area contributed by atoms with Crippen LogP contribution in [0.2, 0.25) is 0 Å². The first kappa shape index (κ1) is 10.1. The molecule has 2 aromatic rings. The number of hydrogen-bond donors (Lipinski definition) is 2. The minimum atomic E-state index is -1.24. The maximum atomic E-state index is 10.6. The van der Waals surface area contributed by atoms with E-state index in [0.717, 1.165) is 5.69 Å². The Morgan fingerprint density at radius 1 is 1.50 bits per heavy atom. The Balaban J connectivity index is 2.30. The summed E-state index contributed by atoms with van der Waals surface area (Å²) in [6.07, 6.45) is 4.87. The van der Waals surface area contributed by atoms with Crippen molar-refractivity contribution in [1.82, 2.24) is 14.8 Å². The third kappa shape index (κ3) is 1.84. The molecule has 0 fully saturated rings. The van der Waals surface area contributed by atoms with Gasteiger partial charge in [0.1, 0.15) is 5.69 Å². The van der Waals surface area contributed by atoms with Gasteiger partial charge >= 0.3 is 6.09 Å². The molecule has 1 amide bonds. The number of carboxylic acid groups (broad SMARTS) is 1. The van der Waals surface area contributed by atoms with E-state index in [1.54, 1.807) is 24.5 Å². The minimum Gasteiger partial charge on any atom is -0.464 e. The Labute approximate surface area is 90.7 Å². The van der Waals surface area contributed by atoms with E-state index in [-0.39, 0.29) is 5.69 Å². The second-order valence-electron chi connectivity index (χ2n) is 3.01. The van der Waals surface area contributed by atoms with Crippen LogP contribution in [0.1, 0.15) is 0 Å². The predicted octanol–water partition coefficient (Wildman–Crippen LogP) is 0.625. The van der Waals surface area contributed by atoms with E-state index in [4.69, 9.17) is 10.9 Å². The Morgan fingerprint density at radius 3 is 2.94 bits per heavy atom. The van der Waals surface area contributed by atoms with Gasteiger partial charge in [-0.05, 0) is 12.1 Å². The van der Waals surface area contributed by atoms with E-state index < -0.39 is 6.09 Å². The summed E-state index contributed by atoms with van der Waals surface area (Å²) in [5.74, 6) is 5.29. The number of carbonyl (C=O) groups is 1. The third-order valence-electron chi connectivity index (χ3n) is 1.96. The summed E-state index contributed by atoms with van der Waals surface area (Å²) in [4.78, 5) is 14.5. The summed E-state index contributed by atoms with van der Waals surface area (Å²) in [6, 6.07) is 3.56. The van der Waals surface area contributed by atoms with Crippen LogP contribution >= 0.6 is 0 Å². The molecular weight excluding hydrogens is 210 g/mol. The van der Waals surface area contributed by atoms with Gasteiger partial charge < -0.3 is 5.11 Å². The zero-order valence-electron chi connectivity index (χ0n) is 8.19. The topological polar surface area (TPSA) is 97.3 Å². The highest BCUT2D eigenvalue weighted by Crippen LogP contribution is 2.12. The van der Waals surface area contributed by atoms with E-state index in [1.807, 2.05) is 0 Å². The fourth-order valence-corrected chi connectivity index (χ4v) is 1.18. The van der Waals surface area contributed by atoms with Crippen LogP contribution in [-0.4, -0.2) is 26.0 Å². The summed E-state index contributed by atoms with van der Waals surface area (Å²) in [6.45, 7) is 0. The molecule has 0 aliphatic rings. The van der Waals surface area contributed by atoms with Crippen LogP contribution < -0.4 is 10.9 Å². The molecule has 0 atom stereocenters. The average Bonchev–Trinajstić information content (AvgIpc) is 2.78. The molecule has 0 saturated heterocycles. The molecule has 3 N–H and O–H groups in total. The predicted molar refractivity (Wildman–Crippen MR) is 56.1 cm³/mol. The highest BCUT2D eigenvalue weighted by molar-refractivity contribution is 5.84. The first-order valence-electron chi connectivity index (χ1n) is 4.41. The fourth-order valence-electron chi connectivity index (χ4n) is 1.18. The van der Waals surface area contributed by atoms with E-state index in [9.17, 15) is 4.79 Å². The van der Waals surface area contributed by atoms with Crippen molar-refractivity contribution in [3.63, 3.8) is 0 Å². The van der Waals surface area contributed by atoms with E-state index in [1.165, 1.54) is 17.1 Å². The van der Waals surface area contributed by atoms with Crippen molar-refractivity contribution in [2.45, 2.75) is 0 Å². The number of anilines is 1. The molecule has 0 unspecified atom stereocenters. The maximum Gasteiger partial charge on any atom is 0.426 e. The molecule has 2 rings (SSSR count). The lowest BCUT2D eigenvalue weighted by Gasteiger charge is -2.07. The van der Waals surface area contributed by atoms with Crippen LogP contribution in [-0.2, 0) is 0 Å². The normalized spacial score (nSPS) is 10.1. The van der Waals surface area contributed by atoms with Crippen LogP contribution in [0.25, 0.3) is 5.69 Å². The van der Waals surface area contributed by atoms with Crippen molar-refractivity contribution in [3.8, 4) is 5.69 Å². The van der Waals surface area contributed by atoms with E-state index >= 15 is 0 Å². The van der Waals surface area contributed by atoms with Crippen LogP contribution in [0, 0.1) is 0 Å². The van der Waals surface area contributed by atoms with Crippen molar-refractivity contribution in [3.05, 3.63) is 36.9 Å². The number of aromatic nitrogens is 3. The monoisotopic (exact) mass is 219 g/mol. The lowest BCUT2D eigenvalue weighted by Crippen LogP contribution is -2.35. The smallest absolute Gasteiger partial charge is 0.426 e. The Hall–Kier alpha value is -2.41. The Kier molecular flexibility index (Phi) is 2.52. The van der Waals surface area contributed by atoms with Gasteiger partial charge in [0.2, 0.25) is 0 Å². The molecule has 82 valence electrons. The van der Waals surface area contributed by atoms with Crippen molar-refractivity contribution in [2.24, 2.45) is 5.84 Å². The molecule has 0 spiro atoms. The molecule has 0 aliphatic carbocycles. The molecule has 0 aliphatic heterocycles. The molecular formula is C9H9N5O2. The van der Waals surface area contributed by atoms with Crippen LogP contribution in [0.5, 0.6) is 0 Å². The number of pyridine rings is 1. The first-order valence-corrected chi connectivity index (χ1v) is 4.41. The highest BCUT2D eigenvalue weighted by Gasteiger charge is 2.11.